The fraction of sp³-hybridized carbons (Fsp3) is 0.833. The Morgan fingerprint density at radius 3 is 1.21 bits per heavy atom. The molecule has 0 saturated heterocycles. The fourth-order valence-electron chi connectivity index (χ4n) is 6.92. The minimum atomic E-state index is 0.490. The number of Topliss-reactive ketones (excluding diaryl/α,β-unsaturated/α-hetero) is 1. The van der Waals surface area contributed by atoms with Crippen molar-refractivity contribution in [2.24, 2.45) is 5.41 Å². The van der Waals surface area contributed by atoms with Crippen LogP contribution in [-0.2, 0) is 4.79 Å². The van der Waals surface area contributed by atoms with Gasteiger partial charge in [-0.3, -0.25) is 4.79 Å². The van der Waals surface area contributed by atoms with Gasteiger partial charge in [-0.15, -0.1) is 0 Å². The van der Waals surface area contributed by atoms with Crippen molar-refractivity contribution in [2.75, 3.05) is 0 Å². The quantitative estimate of drug-likeness (QED) is 0.0574. The maximum absolute atomic E-state index is 12.0. The molecule has 0 aromatic heterocycles. The summed E-state index contributed by atoms with van der Waals surface area (Å²) in [5.41, 5.74) is 0.490. The highest BCUT2D eigenvalue weighted by Crippen LogP contribution is 2.44. The summed E-state index contributed by atoms with van der Waals surface area (Å²) in [6.07, 6.45) is 56.4. The molecule has 0 heterocycles. The van der Waals surface area contributed by atoms with Crippen LogP contribution in [0.4, 0.5) is 0 Å². The Morgan fingerprint density at radius 2 is 0.767 bits per heavy atom. The Balaban J connectivity index is 2.02. The molecule has 43 heavy (non-hydrogen) atoms. The molecule has 1 heteroatoms. The van der Waals surface area contributed by atoms with Gasteiger partial charge in [0.2, 0.25) is 0 Å². The van der Waals surface area contributed by atoms with Gasteiger partial charge < -0.3 is 0 Å². The molecule has 0 radical (unpaired) electrons. The van der Waals surface area contributed by atoms with Crippen LogP contribution in [0, 0.1) is 5.41 Å². The lowest BCUT2D eigenvalue weighted by Gasteiger charge is -2.37. The topological polar surface area (TPSA) is 17.1 Å². The highest BCUT2D eigenvalue weighted by atomic mass is 16.1. The number of hydrogen-bond donors (Lipinski definition) is 0. The van der Waals surface area contributed by atoms with E-state index in [9.17, 15) is 4.79 Å². The van der Waals surface area contributed by atoms with Gasteiger partial charge >= 0.3 is 0 Å². The second-order valence-electron chi connectivity index (χ2n) is 14.1. The highest BCUT2D eigenvalue weighted by molar-refractivity contribution is 5.79. The summed E-state index contributed by atoms with van der Waals surface area (Å²) in [5.74, 6) is 0.522. The van der Waals surface area contributed by atoms with Crippen LogP contribution in [0.3, 0.4) is 0 Å². The molecule has 0 spiro atoms. The second-order valence-corrected chi connectivity index (χ2v) is 14.1. The Labute approximate surface area is 271 Å². The van der Waals surface area contributed by atoms with Gasteiger partial charge in [-0.25, -0.2) is 0 Å². The lowest BCUT2D eigenvalue weighted by atomic mass is 9.67. The van der Waals surface area contributed by atoms with E-state index in [4.69, 9.17) is 0 Å². The summed E-state index contributed by atoms with van der Waals surface area (Å²) in [4.78, 5) is 12.0. The molecule has 250 valence electrons. The van der Waals surface area contributed by atoms with Gasteiger partial charge in [0.15, 0.2) is 0 Å². The first-order valence-corrected chi connectivity index (χ1v) is 19.7. The van der Waals surface area contributed by atoms with E-state index >= 15 is 0 Å². The van der Waals surface area contributed by atoms with Crippen molar-refractivity contribution >= 4 is 5.78 Å². The fourth-order valence-corrected chi connectivity index (χ4v) is 6.92. The number of carbonyl (C=O) groups is 1. The Bertz CT molecular complexity index is 673. The van der Waals surface area contributed by atoms with Gasteiger partial charge in [0.1, 0.15) is 5.78 Å². The first kappa shape index (κ1) is 39.9. The van der Waals surface area contributed by atoms with E-state index in [2.05, 4.69) is 50.3 Å². The standard InChI is InChI=1S/C42H76O/c1-3-5-7-9-11-13-15-17-19-21-23-25-27-29-31-33-37-42(39-35-41(43)36-40-42)38-34-32-30-28-26-24-22-20-18-16-14-12-10-8-6-4-2/h11,13,17-20H,3-10,12,14-16,21-40H2,1-2H3/b13-11-,19-17-,20-18-. The molecule has 0 aromatic carbocycles. The van der Waals surface area contributed by atoms with E-state index in [-0.39, 0.29) is 0 Å². The molecule has 1 aliphatic carbocycles. The van der Waals surface area contributed by atoms with Crippen LogP contribution >= 0.6 is 0 Å². The molecule has 1 nitrogen and oxygen atoms in total. The maximum Gasteiger partial charge on any atom is 0.132 e. The summed E-state index contributed by atoms with van der Waals surface area (Å²) in [7, 11) is 0. The third kappa shape index (κ3) is 25.9. The summed E-state index contributed by atoms with van der Waals surface area (Å²) >= 11 is 0. The van der Waals surface area contributed by atoms with Gasteiger partial charge in [-0.05, 0) is 88.9 Å². The van der Waals surface area contributed by atoms with Crippen LogP contribution in [0.25, 0.3) is 0 Å². The first-order valence-electron chi connectivity index (χ1n) is 19.7. The van der Waals surface area contributed by atoms with Crippen LogP contribution in [-0.4, -0.2) is 5.78 Å². The van der Waals surface area contributed by atoms with Gasteiger partial charge in [0, 0.05) is 12.8 Å². The van der Waals surface area contributed by atoms with E-state index < -0.39 is 0 Å². The normalized spacial score (nSPS) is 15.5. The maximum atomic E-state index is 12.0. The zero-order chi connectivity index (χ0) is 30.9. The lowest BCUT2D eigenvalue weighted by Crippen LogP contribution is -2.27. The second kappa shape index (κ2) is 30.9. The van der Waals surface area contributed by atoms with Crippen molar-refractivity contribution in [1.82, 2.24) is 0 Å². The molecule has 0 aromatic rings. The Kier molecular flexibility index (Phi) is 28.7. The van der Waals surface area contributed by atoms with Crippen LogP contribution in [0.15, 0.2) is 36.5 Å². The average molecular weight is 597 g/mol. The predicted molar refractivity (Wildman–Crippen MR) is 194 cm³/mol. The smallest absolute Gasteiger partial charge is 0.132 e. The molecule has 1 saturated carbocycles. The molecular formula is C42H76O. The van der Waals surface area contributed by atoms with Crippen molar-refractivity contribution in [3.63, 3.8) is 0 Å². The van der Waals surface area contributed by atoms with Gasteiger partial charge in [-0.2, -0.15) is 0 Å². The third-order valence-corrected chi connectivity index (χ3v) is 9.99. The van der Waals surface area contributed by atoms with Crippen molar-refractivity contribution in [3.05, 3.63) is 36.5 Å². The first-order chi connectivity index (χ1) is 21.2. The monoisotopic (exact) mass is 597 g/mol. The molecule has 0 aliphatic heterocycles. The molecular weight excluding hydrogens is 520 g/mol. The Hall–Kier alpha value is -1.11. The van der Waals surface area contributed by atoms with E-state index in [0.717, 1.165) is 19.3 Å². The molecule has 1 rings (SSSR count). The number of rotatable bonds is 31. The zero-order valence-corrected chi connectivity index (χ0v) is 29.5. The van der Waals surface area contributed by atoms with Crippen LogP contribution in [0.5, 0.6) is 0 Å². The highest BCUT2D eigenvalue weighted by Gasteiger charge is 2.33. The van der Waals surface area contributed by atoms with Crippen molar-refractivity contribution in [1.29, 1.82) is 0 Å². The number of unbranched alkanes of at least 4 members (excludes halogenated alkanes) is 21. The van der Waals surface area contributed by atoms with E-state index in [1.807, 2.05) is 0 Å². The van der Waals surface area contributed by atoms with Crippen molar-refractivity contribution in [3.8, 4) is 0 Å². The van der Waals surface area contributed by atoms with Crippen molar-refractivity contribution < 1.29 is 4.79 Å². The number of carbonyl (C=O) groups excluding carboxylic acids is 1. The molecule has 0 atom stereocenters. The minimum absolute atomic E-state index is 0.490. The van der Waals surface area contributed by atoms with Crippen molar-refractivity contribution in [2.45, 2.75) is 219 Å². The minimum Gasteiger partial charge on any atom is -0.300 e. The molecule has 0 N–H and O–H groups in total. The largest absolute Gasteiger partial charge is 0.300 e. The Morgan fingerprint density at radius 1 is 0.442 bits per heavy atom. The average Bonchev–Trinajstić information content (AvgIpc) is 3.02. The van der Waals surface area contributed by atoms with Crippen LogP contribution in [0.1, 0.15) is 219 Å². The molecule has 1 aliphatic rings. The van der Waals surface area contributed by atoms with Crippen LogP contribution < -0.4 is 0 Å². The SMILES string of the molecule is CCCCC/C=C\C/C=C\CCCCCCCCC1(CCCCCCCC/C=C\CCCCCCCC)CCC(=O)CC1. The molecule has 0 bridgehead atoms. The summed E-state index contributed by atoms with van der Waals surface area (Å²) in [5, 5.41) is 0. The van der Waals surface area contributed by atoms with Gasteiger partial charge in [0.05, 0.1) is 0 Å². The summed E-state index contributed by atoms with van der Waals surface area (Å²) in [6.45, 7) is 4.56. The summed E-state index contributed by atoms with van der Waals surface area (Å²) < 4.78 is 0. The molecule has 0 amide bonds. The summed E-state index contributed by atoms with van der Waals surface area (Å²) in [6, 6.07) is 0. The lowest BCUT2D eigenvalue weighted by molar-refractivity contribution is -0.122. The van der Waals surface area contributed by atoms with E-state index in [0.29, 0.717) is 11.2 Å². The number of hydrogen-bond acceptors (Lipinski definition) is 1. The molecule has 0 unspecified atom stereocenters. The predicted octanol–water partition coefficient (Wildman–Crippen LogP) is 14.7. The van der Waals surface area contributed by atoms with Gasteiger partial charge in [-0.1, -0.05) is 159 Å². The zero-order valence-electron chi connectivity index (χ0n) is 29.5. The van der Waals surface area contributed by atoms with Crippen LogP contribution in [0.2, 0.25) is 0 Å². The number of ketones is 1. The molecule has 1 fully saturated rings. The van der Waals surface area contributed by atoms with Gasteiger partial charge in [0.25, 0.3) is 0 Å². The number of allylic oxidation sites excluding steroid dienone is 6. The van der Waals surface area contributed by atoms with E-state index in [1.165, 1.54) is 186 Å². The van der Waals surface area contributed by atoms with E-state index in [1.54, 1.807) is 0 Å². The third-order valence-electron chi connectivity index (χ3n) is 9.99.